The Labute approximate surface area is 145 Å². The van der Waals surface area contributed by atoms with Crippen LogP contribution in [0.5, 0.6) is 0 Å². The molecule has 0 unspecified atom stereocenters. The van der Waals surface area contributed by atoms with Gasteiger partial charge in [-0.2, -0.15) is 0 Å². The van der Waals surface area contributed by atoms with E-state index in [1.54, 1.807) is 0 Å². The van der Waals surface area contributed by atoms with Gasteiger partial charge in [0.15, 0.2) is 0 Å². The van der Waals surface area contributed by atoms with E-state index in [0.29, 0.717) is 19.8 Å². The van der Waals surface area contributed by atoms with Crippen molar-refractivity contribution < 1.29 is 13.3 Å². The molecule has 0 aliphatic rings. The maximum Gasteiger partial charge on any atom is 0.500 e. The molecule has 0 aromatic rings. The normalized spacial score (nSPS) is 11.5. The molecule has 0 saturated heterocycles. The predicted molar refractivity (Wildman–Crippen MR) is 98.7 cm³/mol. The van der Waals surface area contributed by atoms with Gasteiger partial charge in [-0.25, -0.2) is 0 Å². The molecule has 136 valence electrons. The molecular formula is C16H38ClNO3Si. The molecule has 0 aliphatic heterocycles. The lowest BCUT2D eigenvalue weighted by Crippen LogP contribution is -2.45. The zero-order valence-corrected chi connectivity index (χ0v) is 16.7. The average Bonchev–Trinajstić information content (AvgIpc) is 2.46. The molecule has 0 saturated carbocycles. The molecule has 0 heterocycles. The summed E-state index contributed by atoms with van der Waals surface area (Å²) in [6.45, 7) is 8.90. The summed E-state index contributed by atoms with van der Waals surface area (Å²) >= 11 is 0. The number of unbranched alkanes of at least 4 members (excludes halogenated alkanes) is 7. The standard InChI is InChI=1S/C16H37NO3Si.ClH/c1-4-18-21(19-5-2,20-6-3)16-14-12-10-8-7-9-11-13-15-17;/h4-17H2,1-3H3;1H. The Bertz CT molecular complexity index is 207. The Balaban J connectivity index is 0. The molecule has 0 amide bonds. The second-order valence-electron chi connectivity index (χ2n) is 5.35. The molecule has 0 aliphatic carbocycles. The van der Waals surface area contributed by atoms with Gasteiger partial charge in [0.1, 0.15) is 0 Å². The third-order valence-corrected chi connectivity index (χ3v) is 6.68. The molecule has 0 rings (SSSR count). The second-order valence-corrected chi connectivity index (χ2v) is 8.08. The third-order valence-electron chi connectivity index (χ3n) is 3.53. The lowest BCUT2D eigenvalue weighted by Gasteiger charge is -2.28. The minimum absolute atomic E-state index is 0. The van der Waals surface area contributed by atoms with Crippen LogP contribution in [0.25, 0.3) is 0 Å². The minimum Gasteiger partial charge on any atom is -0.374 e. The van der Waals surface area contributed by atoms with Crippen LogP contribution in [0, 0.1) is 0 Å². The van der Waals surface area contributed by atoms with E-state index in [4.69, 9.17) is 19.0 Å². The molecule has 0 bridgehead atoms. The van der Waals surface area contributed by atoms with Crippen LogP contribution >= 0.6 is 12.4 Å². The Morgan fingerprint density at radius 2 is 1.00 bits per heavy atom. The summed E-state index contributed by atoms with van der Waals surface area (Å²) in [6.07, 6.45) is 10.1. The molecule has 0 spiro atoms. The van der Waals surface area contributed by atoms with Crippen molar-refractivity contribution in [3.63, 3.8) is 0 Å². The third kappa shape index (κ3) is 12.8. The Kier molecular flexibility index (Phi) is 19.8. The van der Waals surface area contributed by atoms with E-state index < -0.39 is 8.80 Å². The lowest BCUT2D eigenvalue weighted by molar-refractivity contribution is 0.0706. The van der Waals surface area contributed by atoms with Crippen molar-refractivity contribution in [2.75, 3.05) is 26.4 Å². The largest absolute Gasteiger partial charge is 0.500 e. The van der Waals surface area contributed by atoms with Crippen LogP contribution in [0.2, 0.25) is 6.04 Å². The fourth-order valence-corrected chi connectivity index (χ4v) is 5.23. The highest BCUT2D eigenvalue weighted by Gasteiger charge is 2.39. The van der Waals surface area contributed by atoms with Gasteiger partial charge in [-0.15, -0.1) is 12.4 Å². The van der Waals surface area contributed by atoms with Gasteiger partial charge in [0.05, 0.1) is 0 Å². The Morgan fingerprint density at radius 1 is 0.636 bits per heavy atom. The number of rotatable bonds is 16. The van der Waals surface area contributed by atoms with Crippen LogP contribution < -0.4 is 5.73 Å². The van der Waals surface area contributed by atoms with Crippen molar-refractivity contribution in [3.05, 3.63) is 0 Å². The lowest BCUT2D eigenvalue weighted by atomic mass is 10.1. The highest BCUT2D eigenvalue weighted by Crippen LogP contribution is 2.20. The number of halogens is 1. The van der Waals surface area contributed by atoms with Crippen LogP contribution in [0.3, 0.4) is 0 Å². The fraction of sp³-hybridized carbons (Fsp3) is 1.00. The fourth-order valence-electron chi connectivity index (χ4n) is 2.55. The molecule has 4 nitrogen and oxygen atoms in total. The molecule has 2 N–H and O–H groups in total. The molecule has 0 atom stereocenters. The highest BCUT2D eigenvalue weighted by atomic mass is 35.5. The molecule has 22 heavy (non-hydrogen) atoms. The van der Waals surface area contributed by atoms with Gasteiger partial charge in [-0.05, 0) is 40.2 Å². The number of hydrogen-bond acceptors (Lipinski definition) is 4. The van der Waals surface area contributed by atoms with Gasteiger partial charge in [-0.3, -0.25) is 0 Å². The van der Waals surface area contributed by atoms with Gasteiger partial charge < -0.3 is 19.0 Å². The van der Waals surface area contributed by atoms with E-state index in [9.17, 15) is 0 Å². The quantitative estimate of drug-likeness (QED) is 0.326. The number of hydrogen-bond donors (Lipinski definition) is 1. The van der Waals surface area contributed by atoms with Gasteiger partial charge in [0, 0.05) is 25.9 Å². The number of nitrogens with two attached hydrogens (primary N) is 1. The van der Waals surface area contributed by atoms with Crippen molar-refractivity contribution in [1.29, 1.82) is 0 Å². The first-order valence-electron chi connectivity index (χ1n) is 8.86. The van der Waals surface area contributed by atoms with E-state index >= 15 is 0 Å². The molecule has 0 aromatic heterocycles. The zero-order chi connectivity index (χ0) is 15.8. The SMILES string of the molecule is CCO[Si](CCCCCCCCCCN)(OCC)OCC.Cl. The zero-order valence-electron chi connectivity index (χ0n) is 14.9. The summed E-state index contributed by atoms with van der Waals surface area (Å²) in [5.41, 5.74) is 5.49. The monoisotopic (exact) mass is 355 g/mol. The van der Waals surface area contributed by atoms with Gasteiger partial charge in [0.2, 0.25) is 0 Å². The summed E-state index contributed by atoms with van der Waals surface area (Å²) in [5.74, 6) is 0. The maximum absolute atomic E-state index is 5.87. The van der Waals surface area contributed by atoms with Crippen molar-refractivity contribution in [3.8, 4) is 0 Å². The summed E-state index contributed by atoms with van der Waals surface area (Å²) < 4.78 is 17.6. The van der Waals surface area contributed by atoms with Crippen molar-refractivity contribution in [2.24, 2.45) is 5.73 Å². The summed E-state index contributed by atoms with van der Waals surface area (Å²) in [5, 5.41) is 0. The van der Waals surface area contributed by atoms with Crippen LogP contribution in [-0.2, 0) is 13.3 Å². The topological polar surface area (TPSA) is 53.7 Å². The van der Waals surface area contributed by atoms with Gasteiger partial charge >= 0.3 is 8.80 Å². The second kappa shape index (κ2) is 17.7. The van der Waals surface area contributed by atoms with E-state index in [-0.39, 0.29) is 12.4 Å². The molecular weight excluding hydrogens is 318 g/mol. The average molecular weight is 356 g/mol. The first kappa shape index (κ1) is 24.6. The molecule has 6 heteroatoms. The van der Waals surface area contributed by atoms with Crippen LogP contribution in [0.1, 0.15) is 72.1 Å². The molecule has 0 radical (unpaired) electrons. The van der Waals surface area contributed by atoms with E-state index in [1.807, 2.05) is 20.8 Å². The van der Waals surface area contributed by atoms with Gasteiger partial charge in [0.25, 0.3) is 0 Å². The Morgan fingerprint density at radius 3 is 1.36 bits per heavy atom. The molecule has 0 aromatic carbocycles. The van der Waals surface area contributed by atoms with E-state index in [2.05, 4.69) is 0 Å². The summed E-state index contributed by atoms with van der Waals surface area (Å²) in [7, 11) is -2.40. The summed E-state index contributed by atoms with van der Waals surface area (Å²) in [4.78, 5) is 0. The van der Waals surface area contributed by atoms with Gasteiger partial charge in [-0.1, -0.05) is 38.5 Å². The van der Waals surface area contributed by atoms with Crippen molar-refractivity contribution in [1.82, 2.24) is 0 Å². The highest BCUT2D eigenvalue weighted by molar-refractivity contribution is 6.60. The van der Waals surface area contributed by atoms with Crippen LogP contribution in [0.4, 0.5) is 0 Å². The van der Waals surface area contributed by atoms with E-state index in [0.717, 1.165) is 19.0 Å². The van der Waals surface area contributed by atoms with E-state index in [1.165, 1.54) is 44.9 Å². The van der Waals surface area contributed by atoms with Crippen LogP contribution in [0.15, 0.2) is 0 Å². The van der Waals surface area contributed by atoms with Crippen molar-refractivity contribution in [2.45, 2.75) is 78.2 Å². The van der Waals surface area contributed by atoms with Crippen LogP contribution in [-0.4, -0.2) is 35.2 Å². The molecule has 0 fully saturated rings. The summed E-state index contributed by atoms with van der Waals surface area (Å²) in [6, 6.07) is 0.954. The predicted octanol–water partition coefficient (Wildman–Crippen LogP) is 4.54. The smallest absolute Gasteiger partial charge is 0.374 e. The first-order chi connectivity index (χ1) is 10.2. The minimum atomic E-state index is -2.40. The van der Waals surface area contributed by atoms with Crippen molar-refractivity contribution >= 4 is 21.2 Å². The first-order valence-corrected chi connectivity index (χ1v) is 10.8. The Hall–Kier alpha value is 0.347. The maximum atomic E-state index is 5.87.